The van der Waals surface area contributed by atoms with Crippen LogP contribution < -0.4 is 31.9 Å². The van der Waals surface area contributed by atoms with Crippen molar-refractivity contribution < 1.29 is 71.8 Å². The Morgan fingerprint density at radius 1 is 0.822 bits per heavy atom. The zero-order chi connectivity index (χ0) is 66.9. The number of alkyl carbamates (subject to hydrolysis) is 1. The number of anilines is 1. The van der Waals surface area contributed by atoms with E-state index in [2.05, 4.69) is 46.1 Å². The lowest BCUT2D eigenvalue weighted by molar-refractivity contribution is -0.942. The van der Waals surface area contributed by atoms with Gasteiger partial charge in [0, 0.05) is 73.3 Å². The van der Waals surface area contributed by atoms with Crippen LogP contribution in [0.5, 0.6) is 0 Å². The number of amides is 9. The number of esters is 1. The van der Waals surface area contributed by atoms with E-state index in [0.717, 1.165) is 47.5 Å². The van der Waals surface area contributed by atoms with Gasteiger partial charge in [-0.1, -0.05) is 84.0 Å². The molecule has 7 N–H and O–H groups in total. The van der Waals surface area contributed by atoms with E-state index in [0.29, 0.717) is 52.4 Å². The molecule has 24 nitrogen and oxygen atoms in total. The number of nitrogens with zero attached hydrogens (tertiary/aromatic N) is 4. The minimum atomic E-state index is -1.54. The summed E-state index contributed by atoms with van der Waals surface area (Å²) in [5.41, 5.74) is 1.05. The number of quaternary nitrogens is 1. The maximum Gasteiger partial charge on any atom is 0.407 e. The zero-order valence-corrected chi connectivity index (χ0v) is 55.9. The minimum absolute atomic E-state index is 0.0715. The fourth-order valence-corrected chi connectivity index (χ4v) is 12.1. The van der Waals surface area contributed by atoms with Gasteiger partial charge in [-0.2, -0.15) is 0 Å². The van der Waals surface area contributed by atoms with E-state index in [-0.39, 0.29) is 41.9 Å². The summed E-state index contributed by atoms with van der Waals surface area (Å²) in [6.07, 6.45) is 3.60. The van der Waals surface area contributed by atoms with Crippen LogP contribution in [-0.4, -0.2) is 170 Å². The summed E-state index contributed by atoms with van der Waals surface area (Å²) < 4.78 is 11.5. The predicted molar refractivity (Wildman–Crippen MR) is 342 cm³/mol. The second kappa shape index (κ2) is 32.9. The van der Waals surface area contributed by atoms with Gasteiger partial charge in [0.25, 0.3) is 23.6 Å². The first-order valence-electron chi connectivity index (χ1n) is 30.6. The molecule has 0 bridgehead atoms. The van der Waals surface area contributed by atoms with Gasteiger partial charge in [0.1, 0.15) is 47.0 Å². The molecule has 2 aliphatic heterocycles. The number of ether oxygens (including phenoxy) is 2. The van der Waals surface area contributed by atoms with Crippen LogP contribution in [0, 0.1) is 17.8 Å². The molecular formula is C64H92N10O14PS+. The second-order valence-corrected chi connectivity index (χ2v) is 27.1. The molecule has 0 saturated carbocycles. The highest BCUT2D eigenvalue weighted by atomic mass is 32.1. The van der Waals surface area contributed by atoms with Gasteiger partial charge in [0.15, 0.2) is 12.1 Å². The molecule has 492 valence electrons. The van der Waals surface area contributed by atoms with Crippen molar-refractivity contribution in [3.63, 3.8) is 0 Å². The summed E-state index contributed by atoms with van der Waals surface area (Å²) in [5.74, 6) is -7.89. The number of likely N-dealkylation sites (N-methyl/N-ethyl adjacent to an activating group) is 2. The fourth-order valence-electron chi connectivity index (χ4n) is 11.0. The van der Waals surface area contributed by atoms with Crippen molar-refractivity contribution in [2.24, 2.45) is 17.8 Å². The third kappa shape index (κ3) is 21.0. The van der Waals surface area contributed by atoms with Gasteiger partial charge in [0.05, 0.1) is 26.1 Å². The molecule has 1 fully saturated rings. The van der Waals surface area contributed by atoms with Gasteiger partial charge in [0.2, 0.25) is 23.6 Å². The van der Waals surface area contributed by atoms with Gasteiger partial charge in [-0.05, 0) is 89.3 Å². The SMILES string of the molecule is CC[C@H](P)[C@H](NC(=O)[C@H]1CCCC[N+]1(C)Cc1ccc(NC(=O)[C@H](C)NC(=O)[C@@H](NC(=O)[C@H](CNC(=O)OC(C)(C)C)N2C(=O)C=CC2=O)C(C)C)cc1)C(=O)N(C)[C@H](C[C@@H](OC(C)=O)c1nc(C(=O)N[C@@H](Cc2ccccc2)C[C@H](C)C(=O)O)cs1)C(C)C. The Hall–Kier alpha value is -7.63. The van der Waals surface area contributed by atoms with Crippen LogP contribution in [0.25, 0.3) is 0 Å². The number of carbonyl (C=O) groups is 11. The van der Waals surface area contributed by atoms with Crippen LogP contribution in [0.3, 0.4) is 0 Å². The van der Waals surface area contributed by atoms with E-state index in [9.17, 15) is 57.8 Å². The molecule has 1 aromatic heterocycles. The molecule has 0 radical (unpaired) electrons. The number of hydrogen-bond acceptors (Lipinski definition) is 15. The van der Waals surface area contributed by atoms with Gasteiger partial charge >= 0.3 is 18.0 Å². The van der Waals surface area contributed by atoms with Crippen LogP contribution >= 0.6 is 20.6 Å². The van der Waals surface area contributed by atoms with E-state index in [1.807, 2.05) is 70.3 Å². The first-order valence-corrected chi connectivity index (χ1v) is 32.2. The molecule has 3 aromatic rings. The number of piperidine rings is 1. The molecule has 2 aromatic carbocycles. The standard InChI is InChI=1S/C64H91N10O14PS/c1-14-50(89)54(61(83)72(12)46(36(2)3)32-49(87-40(8)75)60-69-45(35-90-60)56(79)68-44(30-38(6)62(84)85)31-41-20-16-15-17-21-41)71-58(81)48-22-18-19-29-74(48,13)34-42-23-25-43(26-24-42)67-55(78)39(7)66-59(82)53(37(4)5)70-57(80)47(73-51(76)27-28-52(73)77)33-65-63(86)88-64(9,10)11/h15-17,20-21,23-28,35-39,44,46-50,53-54H,14,18-19,22,29-34,89H2,1-13H3,(H6-,65,66,67,68,70,71,78,79,80,81,82,84,85,86)/p+1/t38-,39-,44+,46+,47-,48+,49+,50-,53-,54-,74?/m0/s1. The third-order valence-electron chi connectivity index (χ3n) is 16.1. The van der Waals surface area contributed by atoms with Gasteiger partial charge in [-0.25, -0.2) is 9.78 Å². The molecule has 1 saturated heterocycles. The Morgan fingerprint density at radius 3 is 2.04 bits per heavy atom. The summed E-state index contributed by atoms with van der Waals surface area (Å²) >= 11 is 1.13. The molecule has 2 aliphatic rings. The molecule has 90 heavy (non-hydrogen) atoms. The lowest BCUT2D eigenvalue weighted by Crippen LogP contribution is -2.63. The Labute approximate surface area is 534 Å². The summed E-state index contributed by atoms with van der Waals surface area (Å²) in [5, 5.41) is 28.2. The molecule has 3 heterocycles. The van der Waals surface area contributed by atoms with Crippen molar-refractivity contribution in [2.45, 2.75) is 187 Å². The van der Waals surface area contributed by atoms with Crippen LogP contribution in [0.2, 0.25) is 0 Å². The molecule has 2 unspecified atom stereocenters. The maximum atomic E-state index is 14.9. The van der Waals surface area contributed by atoms with Crippen molar-refractivity contribution in [1.82, 2.24) is 41.4 Å². The molecule has 9 amide bonds. The lowest BCUT2D eigenvalue weighted by Gasteiger charge is -2.44. The number of thiazole rings is 1. The number of carboxylic acid groups (broad SMARTS) is 1. The number of hydrogen-bond donors (Lipinski definition) is 7. The van der Waals surface area contributed by atoms with Crippen LogP contribution in [-0.2, 0) is 65.6 Å². The molecule has 5 rings (SSSR count). The number of benzene rings is 2. The first-order chi connectivity index (χ1) is 42.2. The highest BCUT2D eigenvalue weighted by Crippen LogP contribution is 2.33. The largest absolute Gasteiger partial charge is 0.481 e. The number of carboxylic acids is 1. The second-order valence-electron chi connectivity index (χ2n) is 25.4. The molecule has 12 atom stereocenters. The Kier molecular flexibility index (Phi) is 26.7. The van der Waals surface area contributed by atoms with Crippen molar-refractivity contribution in [2.75, 3.05) is 32.5 Å². The maximum absolute atomic E-state index is 14.9. The van der Waals surface area contributed by atoms with E-state index < -0.39 is 126 Å². The Balaban J connectivity index is 1.23. The van der Waals surface area contributed by atoms with E-state index in [4.69, 9.17) is 9.47 Å². The first kappa shape index (κ1) is 73.1. The minimum Gasteiger partial charge on any atom is -0.481 e. The monoisotopic (exact) mass is 1290 g/mol. The zero-order valence-electron chi connectivity index (χ0n) is 54.0. The predicted octanol–water partition coefficient (Wildman–Crippen LogP) is 5.81. The highest BCUT2D eigenvalue weighted by molar-refractivity contribution is 7.17. The average Bonchev–Trinajstić information content (AvgIpc) is 0.909. The van der Waals surface area contributed by atoms with Crippen LogP contribution in [0.1, 0.15) is 147 Å². The molecule has 0 aliphatic carbocycles. The quantitative estimate of drug-likeness (QED) is 0.0179. The summed E-state index contributed by atoms with van der Waals surface area (Å²) in [4.78, 5) is 154. The number of imide groups is 1. The topological polar surface area (TPSA) is 318 Å². The van der Waals surface area contributed by atoms with E-state index in [1.165, 1.54) is 13.8 Å². The number of aliphatic carboxylic acids is 1. The van der Waals surface area contributed by atoms with Crippen molar-refractivity contribution >= 4 is 91.6 Å². The summed E-state index contributed by atoms with van der Waals surface area (Å²) in [6.45, 7) is 19.0. The number of carbonyl (C=O) groups excluding carboxylic acids is 10. The number of nitrogens with one attached hydrogen (secondary N) is 6. The van der Waals surface area contributed by atoms with Crippen molar-refractivity contribution in [3.8, 4) is 0 Å². The molecule has 26 heteroatoms. The van der Waals surface area contributed by atoms with Gasteiger partial charge in [-0.3, -0.25) is 52.8 Å². The summed E-state index contributed by atoms with van der Waals surface area (Å²) in [6, 6.07) is 10.1. The lowest BCUT2D eigenvalue weighted by atomic mass is 9.94. The fraction of sp³-hybridized carbons (Fsp3) is 0.562. The Bertz CT molecular complexity index is 3060. The Morgan fingerprint density at radius 2 is 1.47 bits per heavy atom. The van der Waals surface area contributed by atoms with Crippen LogP contribution in [0.15, 0.2) is 72.1 Å². The number of likely N-dealkylation sites (tertiary alicyclic amines) is 1. The number of rotatable bonds is 30. The molecular weight excluding hydrogens is 1200 g/mol. The average molecular weight is 1290 g/mol. The van der Waals surface area contributed by atoms with Crippen molar-refractivity contribution in [1.29, 1.82) is 0 Å². The van der Waals surface area contributed by atoms with E-state index in [1.54, 1.807) is 71.0 Å². The summed E-state index contributed by atoms with van der Waals surface area (Å²) in [7, 11) is 6.40. The number of aromatic nitrogens is 1. The van der Waals surface area contributed by atoms with E-state index >= 15 is 0 Å². The smallest absolute Gasteiger partial charge is 0.407 e. The van der Waals surface area contributed by atoms with Gasteiger partial charge < -0.3 is 55.9 Å². The van der Waals surface area contributed by atoms with Crippen LogP contribution in [0.4, 0.5) is 10.5 Å². The van der Waals surface area contributed by atoms with Gasteiger partial charge in [-0.15, -0.1) is 20.6 Å². The molecule has 0 spiro atoms. The van der Waals surface area contributed by atoms with Crippen molar-refractivity contribution in [3.05, 3.63) is 94.0 Å². The highest BCUT2D eigenvalue weighted by Gasteiger charge is 2.44. The third-order valence-corrected chi connectivity index (χ3v) is 17.9. The normalized spacial score (nSPS) is 18.8.